The number of carbonyl (C=O) groups excluding carboxylic acids is 1. The van der Waals surface area contributed by atoms with Crippen LogP contribution in [0.1, 0.15) is 24.1 Å². The highest BCUT2D eigenvalue weighted by Crippen LogP contribution is 2.32. The zero-order chi connectivity index (χ0) is 26.8. The molecular formula is C29H25ClN2O5S. The maximum atomic E-state index is 14.0. The Bertz CT molecular complexity index is 1740. The number of hydrogen-bond donors (Lipinski definition) is 0. The van der Waals surface area contributed by atoms with Gasteiger partial charge in [0.2, 0.25) is 0 Å². The van der Waals surface area contributed by atoms with Crippen molar-refractivity contribution in [1.29, 1.82) is 0 Å². The molecule has 1 aliphatic heterocycles. The van der Waals surface area contributed by atoms with E-state index in [9.17, 15) is 9.59 Å². The number of halogens is 1. The van der Waals surface area contributed by atoms with Crippen LogP contribution in [0.5, 0.6) is 5.75 Å². The Morgan fingerprint density at radius 3 is 2.58 bits per heavy atom. The summed E-state index contributed by atoms with van der Waals surface area (Å²) < 4.78 is 18.1. The SMILES string of the molecule is COCCOC(=O)C1=C(C)N=c2sc(=Cc3c(OC)ccc4ccccc34)c(=O)n2C1c1ccc(Cl)cc1. The first-order chi connectivity index (χ1) is 18.4. The van der Waals surface area contributed by atoms with Crippen molar-refractivity contribution in [3.63, 3.8) is 0 Å². The van der Waals surface area contributed by atoms with Crippen molar-refractivity contribution in [2.45, 2.75) is 13.0 Å². The Morgan fingerprint density at radius 1 is 1.08 bits per heavy atom. The smallest absolute Gasteiger partial charge is 0.338 e. The second-order valence-electron chi connectivity index (χ2n) is 8.66. The van der Waals surface area contributed by atoms with Gasteiger partial charge in [0.05, 0.1) is 35.6 Å². The van der Waals surface area contributed by atoms with Gasteiger partial charge in [0.15, 0.2) is 4.80 Å². The van der Waals surface area contributed by atoms with Gasteiger partial charge in [-0.05, 0) is 47.5 Å². The van der Waals surface area contributed by atoms with Gasteiger partial charge in [0, 0.05) is 17.7 Å². The second-order valence-corrected chi connectivity index (χ2v) is 10.1. The number of benzene rings is 3. The highest BCUT2D eigenvalue weighted by atomic mass is 35.5. The van der Waals surface area contributed by atoms with Gasteiger partial charge in [0.1, 0.15) is 12.4 Å². The van der Waals surface area contributed by atoms with E-state index in [1.807, 2.05) is 42.5 Å². The third-order valence-electron chi connectivity index (χ3n) is 6.37. The van der Waals surface area contributed by atoms with E-state index in [0.717, 1.165) is 21.9 Å². The molecule has 0 bridgehead atoms. The van der Waals surface area contributed by atoms with Crippen molar-refractivity contribution in [3.8, 4) is 5.75 Å². The van der Waals surface area contributed by atoms with Crippen molar-refractivity contribution in [2.24, 2.45) is 4.99 Å². The Hall–Kier alpha value is -3.72. The second kappa shape index (κ2) is 10.9. The van der Waals surface area contributed by atoms with Crippen LogP contribution in [0.15, 0.2) is 81.7 Å². The van der Waals surface area contributed by atoms with Crippen LogP contribution in [0.4, 0.5) is 0 Å². The molecule has 4 aromatic rings. The first-order valence-electron chi connectivity index (χ1n) is 11.9. The van der Waals surface area contributed by atoms with Crippen LogP contribution in [0.25, 0.3) is 16.8 Å². The molecule has 38 heavy (non-hydrogen) atoms. The molecular weight excluding hydrogens is 524 g/mol. The van der Waals surface area contributed by atoms with Crippen molar-refractivity contribution in [3.05, 3.63) is 108 Å². The third kappa shape index (κ3) is 4.78. The van der Waals surface area contributed by atoms with Gasteiger partial charge in [-0.25, -0.2) is 9.79 Å². The van der Waals surface area contributed by atoms with E-state index in [1.54, 1.807) is 42.9 Å². The summed E-state index contributed by atoms with van der Waals surface area (Å²) in [6, 6.07) is 18.1. The van der Waals surface area contributed by atoms with Crippen LogP contribution < -0.4 is 19.6 Å². The molecule has 0 radical (unpaired) electrons. The zero-order valence-electron chi connectivity index (χ0n) is 21.1. The van der Waals surface area contributed by atoms with E-state index in [1.165, 1.54) is 18.4 Å². The number of methoxy groups -OCH3 is 2. The van der Waals surface area contributed by atoms with Gasteiger partial charge in [-0.2, -0.15) is 0 Å². The molecule has 0 amide bonds. The van der Waals surface area contributed by atoms with E-state index in [0.29, 0.717) is 31.4 Å². The number of thiazole rings is 1. The van der Waals surface area contributed by atoms with Gasteiger partial charge in [-0.3, -0.25) is 9.36 Å². The minimum Gasteiger partial charge on any atom is -0.496 e. The number of carbonyl (C=O) groups is 1. The minimum absolute atomic E-state index is 0.0880. The highest BCUT2D eigenvalue weighted by molar-refractivity contribution is 7.07. The summed E-state index contributed by atoms with van der Waals surface area (Å²) in [4.78, 5) is 32.3. The van der Waals surface area contributed by atoms with Crippen molar-refractivity contribution < 1.29 is 19.0 Å². The number of rotatable bonds is 7. The topological polar surface area (TPSA) is 79.1 Å². The maximum Gasteiger partial charge on any atom is 0.338 e. The standard InChI is InChI=1S/C29H25ClN2O5S/c1-17-25(28(34)37-15-14-35-2)26(19-8-11-20(30)12-9-19)32-27(33)24(38-29(32)31-17)16-22-21-7-5-4-6-18(21)10-13-23(22)36-3/h4-13,16,26H,14-15H2,1-3H3. The van der Waals surface area contributed by atoms with Crippen LogP contribution in [0, 0.1) is 0 Å². The molecule has 0 spiro atoms. The molecule has 5 rings (SSSR count). The quantitative estimate of drug-likeness (QED) is 0.255. The van der Waals surface area contributed by atoms with Crippen LogP contribution in [-0.4, -0.2) is 38.0 Å². The molecule has 0 saturated heterocycles. The summed E-state index contributed by atoms with van der Waals surface area (Å²) in [5.41, 5.74) is 2.04. The van der Waals surface area contributed by atoms with Gasteiger partial charge in [-0.15, -0.1) is 0 Å². The summed E-state index contributed by atoms with van der Waals surface area (Å²) in [6.07, 6.45) is 1.83. The van der Waals surface area contributed by atoms with Crippen molar-refractivity contribution >= 4 is 45.8 Å². The van der Waals surface area contributed by atoms with Crippen molar-refractivity contribution in [2.75, 3.05) is 27.4 Å². The average Bonchev–Trinajstić information content (AvgIpc) is 3.22. The van der Waals surface area contributed by atoms with Crippen molar-refractivity contribution in [1.82, 2.24) is 4.57 Å². The lowest BCUT2D eigenvalue weighted by atomic mass is 9.96. The molecule has 1 aliphatic rings. The number of ether oxygens (including phenoxy) is 3. The maximum absolute atomic E-state index is 14.0. The summed E-state index contributed by atoms with van der Waals surface area (Å²) in [5, 5.41) is 2.54. The number of hydrogen-bond acceptors (Lipinski definition) is 7. The van der Waals surface area contributed by atoms with E-state index in [4.69, 9.17) is 25.8 Å². The third-order valence-corrected chi connectivity index (χ3v) is 7.61. The largest absolute Gasteiger partial charge is 0.496 e. The molecule has 2 heterocycles. The fraction of sp³-hybridized carbons (Fsp3) is 0.207. The van der Waals surface area contributed by atoms with E-state index in [-0.39, 0.29) is 18.8 Å². The number of allylic oxidation sites excluding steroid dienone is 1. The highest BCUT2D eigenvalue weighted by Gasteiger charge is 2.33. The number of nitrogens with zero attached hydrogens (tertiary/aromatic N) is 2. The van der Waals surface area contributed by atoms with E-state index >= 15 is 0 Å². The van der Waals surface area contributed by atoms with Gasteiger partial charge in [0.25, 0.3) is 5.56 Å². The fourth-order valence-electron chi connectivity index (χ4n) is 4.57. The number of fused-ring (bicyclic) bond motifs is 2. The number of aromatic nitrogens is 1. The van der Waals surface area contributed by atoms with Crippen LogP contribution in [0.3, 0.4) is 0 Å². The molecule has 1 atom stereocenters. The normalized spacial score (nSPS) is 15.4. The Labute approximate surface area is 227 Å². The Kier molecular flexibility index (Phi) is 7.46. The van der Waals surface area contributed by atoms with Gasteiger partial charge < -0.3 is 14.2 Å². The summed E-state index contributed by atoms with van der Waals surface area (Å²) in [7, 11) is 3.14. The average molecular weight is 549 g/mol. The van der Waals surface area contributed by atoms with Crippen LogP contribution in [0.2, 0.25) is 5.02 Å². The fourth-order valence-corrected chi connectivity index (χ4v) is 5.73. The predicted octanol–water partition coefficient (Wildman–Crippen LogP) is 4.24. The molecule has 1 unspecified atom stereocenters. The Balaban J connectivity index is 1.72. The molecule has 0 aliphatic carbocycles. The molecule has 0 fully saturated rings. The van der Waals surface area contributed by atoms with Gasteiger partial charge in [-0.1, -0.05) is 65.4 Å². The molecule has 9 heteroatoms. The first-order valence-corrected chi connectivity index (χ1v) is 13.1. The lowest BCUT2D eigenvalue weighted by molar-refractivity contribution is -0.140. The number of esters is 1. The lowest BCUT2D eigenvalue weighted by Gasteiger charge is -2.24. The minimum atomic E-state index is -0.727. The summed E-state index contributed by atoms with van der Waals surface area (Å²) in [6.45, 7) is 2.10. The molecule has 1 aromatic heterocycles. The monoisotopic (exact) mass is 548 g/mol. The predicted molar refractivity (Wildman–Crippen MR) is 149 cm³/mol. The zero-order valence-corrected chi connectivity index (χ0v) is 22.6. The van der Waals surface area contributed by atoms with Crippen LogP contribution >= 0.6 is 22.9 Å². The molecule has 3 aromatic carbocycles. The van der Waals surface area contributed by atoms with Crippen LogP contribution in [-0.2, 0) is 14.3 Å². The molecule has 7 nitrogen and oxygen atoms in total. The molecule has 0 N–H and O–H groups in total. The van der Waals surface area contributed by atoms with Gasteiger partial charge >= 0.3 is 5.97 Å². The molecule has 0 saturated carbocycles. The lowest BCUT2D eigenvalue weighted by Crippen LogP contribution is -2.40. The first kappa shape index (κ1) is 25.9. The van der Waals surface area contributed by atoms with E-state index in [2.05, 4.69) is 4.99 Å². The van der Waals surface area contributed by atoms with E-state index < -0.39 is 12.0 Å². The summed E-state index contributed by atoms with van der Waals surface area (Å²) >= 11 is 7.41. The Morgan fingerprint density at radius 2 is 1.84 bits per heavy atom. The molecule has 194 valence electrons. The summed E-state index contributed by atoms with van der Waals surface area (Å²) in [5.74, 6) is 0.107.